The molecule has 0 amide bonds. The summed E-state index contributed by atoms with van der Waals surface area (Å²) in [5.74, 6) is -0.254. The number of aliphatic carboxylic acids is 1. The van der Waals surface area contributed by atoms with Crippen molar-refractivity contribution in [2.45, 2.75) is 51.4 Å². The van der Waals surface area contributed by atoms with Crippen molar-refractivity contribution >= 4 is 11.8 Å². The van der Waals surface area contributed by atoms with Gasteiger partial charge in [0.25, 0.3) is 0 Å². The van der Waals surface area contributed by atoms with Gasteiger partial charge in [0.2, 0.25) is 0 Å². The van der Waals surface area contributed by atoms with Gasteiger partial charge in [0.1, 0.15) is 5.78 Å². The number of ketones is 1. The van der Waals surface area contributed by atoms with Crippen LogP contribution in [0.2, 0.25) is 0 Å². The zero-order valence-electron chi connectivity index (χ0n) is 8.50. The van der Waals surface area contributed by atoms with Gasteiger partial charge in [0.05, 0.1) is 0 Å². The Kier molecular flexibility index (Phi) is 4.63. The van der Waals surface area contributed by atoms with Crippen molar-refractivity contribution in [2.75, 3.05) is 0 Å². The first kappa shape index (κ1) is 11.2. The molecule has 1 saturated carbocycles. The van der Waals surface area contributed by atoms with Gasteiger partial charge >= 0.3 is 5.97 Å². The van der Waals surface area contributed by atoms with E-state index in [1.54, 1.807) is 0 Å². The molecular weight excluding hydrogens is 180 g/mol. The summed E-state index contributed by atoms with van der Waals surface area (Å²) < 4.78 is 0. The minimum absolute atomic E-state index is 0.150. The summed E-state index contributed by atoms with van der Waals surface area (Å²) in [7, 11) is 0. The quantitative estimate of drug-likeness (QED) is 0.706. The SMILES string of the molecule is O=C(O)CCCC1CCCCCC1=O. The van der Waals surface area contributed by atoms with Gasteiger partial charge in [-0.15, -0.1) is 0 Å². The number of carbonyl (C=O) groups is 2. The lowest BCUT2D eigenvalue weighted by Gasteiger charge is -2.11. The van der Waals surface area contributed by atoms with Crippen molar-refractivity contribution in [1.82, 2.24) is 0 Å². The first-order valence-corrected chi connectivity index (χ1v) is 5.44. The lowest BCUT2D eigenvalue weighted by Crippen LogP contribution is -2.12. The lowest BCUT2D eigenvalue weighted by atomic mass is 9.93. The number of hydrogen-bond acceptors (Lipinski definition) is 2. The highest BCUT2D eigenvalue weighted by Crippen LogP contribution is 2.24. The summed E-state index contributed by atoms with van der Waals surface area (Å²) in [6.07, 6.45) is 6.59. The van der Waals surface area contributed by atoms with Crippen LogP contribution < -0.4 is 0 Å². The molecule has 0 saturated heterocycles. The molecule has 0 aromatic rings. The predicted molar refractivity (Wildman–Crippen MR) is 53.1 cm³/mol. The highest BCUT2D eigenvalue weighted by Gasteiger charge is 2.20. The number of carboxylic acid groups (broad SMARTS) is 1. The molecule has 0 aromatic carbocycles. The second-order valence-corrected chi connectivity index (χ2v) is 4.05. The van der Waals surface area contributed by atoms with Crippen LogP contribution in [-0.2, 0) is 9.59 Å². The van der Waals surface area contributed by atoms with Gasteiger partial charge in [-0.05, 0) is 25.7 Å². The average molecular weight is 198 g/mol. The molecule has 1 fully saturated rings. The zero-order valence-corrected chi connectivity index (χ0v) is 8.50. The summed E-state index contributed by atoms with van der Waals surface area (Å²) >= 11 is 0. The van der Waals surface area contributed by atoms with Crippen molar-refractivity contribution in [3.05, 3.63) is 0 Å². The van der Waals surface area contributed by atoms with Crippen molar-refractivity contribution in [2.24, 2.45) is 5.92 Å². The van der Waals surface area contributed by atoms with E-state index in [9.17, 15) is 9.59 Å². The molecule has 0 heterocycles. The van der Waals surface area contributed by atoms with Crippen molar-refractivity contribution in [3.63, 3.8) is 0 Å². The molecule has 0 radical (unpaired) electrons. The Hall–Kier alpha value is -0.860. The Labute approximate surface area is 84.5 Å². The first-order chi connectivity index (χ1) is 6.70. The van der Waals surface area contributed by atoms with Crippen molar-refractivity contribution < 1.29 is 14.7 Å². The highest BCUT2D eigenvalue weighted by atomic mass is 16.4. The van der Waals surface area contributed by atoms with Crippen LogP contribution in [0.3, 0.4) is 0 Å². The molecule has 14 heavy (non-hydrogen) atoms. The third kappa shape index (κ3) is 3.90. The van der Waals surface area contributed by atoms with Crippen LogP contribution in [0.25, 0.3) is 0 Å². The normalized spacial score (nSPS) is 23.1. The number of rotatable bonds is 4. The largest absolute Gasteiger partial charge is 0.481 e. The maximum Gasteiger partial charge on any atom is 0.303 e. The van der Waals surface area contributed by atoms with E-state index in [1.807, 2.05) is 0 Å². The molecule has 1 rings (SSSR count). The molecule has 1 unspecified atom stereocenters. The Morgan fingerprint density at radius 3 is 2.86 bits per heavy atom. The molecule has 0 aliphatic heterocycles. The second kappa shape index (κ2) is 5.78. The smallest absolute Gasteiger partial charge is 0.303 e. The monoisotopic (exact) mass is 198 g/mol. The van der Waals surface area contributed by atoms with Gasteiger partial charge in [-0.2, -0.15) is 0 Å². The fraction of sp³-hybridized carbons (Fsp3) is 0.818. The second-order valence-electron chi connectivity index (χ2n) is 4.05. The topological polar surface area (TPSA) is 54.4 Å². The van der Waals surface area contributed by atoms with E-state index in [4.69, 9.17) is 5.11 Å². The summed E-state index contributed by atoms with van der Waals surface area (Å²) in [4.78, 5) is 21.8. The number of carbonyl (C=O) groups excluding carboxylic acids is 1. The maximum absolute atomic E-state index is 11.5. The van der Waals surface area contributed by atoms with Crippen LogP contribution in [0.5, 0.6) is 0 Å². The van der Waals surface area contributed by atoms with E-state index in [0.717, 1.165) is 32.1 Å². The highest BCUT2D eigenvalue weighted by molar-refractivity contribution is 5.81. The predicted octanol–water partition coefficient (Wildman–Crippen LogP) is 2.39. The molecule has 0 bridgehead atoms. The van der Waals surface area contributed by atoms with E-state index in [0.29, 0.717) is 18.6 Å². The summed E-state index contributed by atoms with van der Waals surface area (Å²) in [5, 5.41) is 8.48. The number of carboxylic acids is 1. The fourth-order valence-electron chi connectivity index (χ4n) is 2.04. The average Bonchev–Trinajstić information content (AvgIpc) is 2.31. The molecule has 0 spiro atoms. The van der Waals surface area contributed by atoms with Gasteiger partial charge in [0, 0.05) is 18.8 Å². The van der Waals surface area contributed by atoms with Crippen molar-refractivity contribution in [1.29, 1.82) is 0 Å². The molecule has 1 aliphatic carbocycles. The van der Waals surface area contributed by atoms with Gasteiger partial charge in [-0.25, -0.2) is 0 Å². The maximum atomic E-state index is 11.5. The molecule has 1 N–H and O–H groups in total. The molecular formula is C11H18O3. The van der Waals surface area contributed by atoms with Gasteiger partial charge in [-0.3, -0.25) is 9.59 Å². The minimum Gasteiger partial charge on any atom is -0.481 e. The summed E-state index contributed by atoms with van der Waals surface area (Å²) in [6, 6.07) is 0. The Balaban J connectivity index is 2.26. The van der Waals surface area contributed by atoms with Crippen molar-refractivity contribution in [3.8, 4) is 0 Å². The van der Waals surface area contributed by atoms with E-state index >= 15 is 0 Å². The van der Waals surface area contributed by atoms with Crippen LogP contribution in [0.15, 0.2) is 0 Å². The standard InChI is InChI=1S/C11H18O3/c12-10-7-3-1-2-5-9(10)6-4-8-11(13)14/h9H,1-8H2,(H,13,14). The summed E-state index contributed by atoms with van der Waals surface area (Å²) in [6.45, 7) is 0. The Morgan fingerprint density at radius 1 is 1.36 bits per heavy atom. The number of hydrogen-bond donors (Lipinski definition) is 1. The van der Waals surface area contributed by atoms with E-state index in [2.05, 4.69) is 0 Å². The third-order valence-electron chi connectivity index (χ3n) is 2.87. The molecule has 3 heteroatoms. The molecule has 1 atom stereocenters. The van der Waals surface area contributed by atoms with Gasteiger partial charge < -0.3 is 5.11 Å². The minimum atomic E-state index is -0.758. The Bertz CT molecular complexity index is 211. The fourth-order valence-corrected chi connectivity index (χ4v) is 2.04. The Morgan fingerprint density at radius 2 is 2.14 bits per heavy atom. The summed E-state index contributed by atoms with van der Waals surface area (Å²) in [5.41, 5.74) is 0. The molecule has 1 aliphatic rings. The van der Waals surface area contributed by atoms with Crippen LogP contribution in [-0.4, -0.2) is 16.9 Å². The molecule has 80 valence electrons. The van der Waals surface area contributed by atoms with Crippen LogP contribution in [0.4, 0.5) is 0 Å². The number of Topliss-reactive ketones (excluding diaryl/α,β-unsaturated/α-hetero) is 1. The molecule has 0 aromatic heterocycles. The lowest BCUT2D eigenvalue weighted by molar-refractivity contribution is -0.137. The molecule has 3 nitrogen and oxygen atoms in total. The van der Waals surface area contributed by atoms with Crippen LogP contribution in [0.1, 0.15) is 51.4 Å². The third-order valence-corrected chi connectivity index (χ3v) is 2.87. The van der Waals surface area contributed by atoms with E-state index in [1.165, 1.54) is 0 Å². The van der Waals surface area contributed by atoms with E-state index < -0.39 is 5.97 Å². The van der Waals surface area contributed by atoms with Crippen LogP contribution in [0, 0.1) is 5.92 Å². The first-order valence-electron chi connectivity index (χ1n) is 5.44. The van der Waals surface area contributed by atoms with Gasteiger partial charge in [0.15, 0.2) is 0 Å². The van der Waals surface area contributed by atoms with Gasteiger partial charge in [-0.1, -0.05) is 12.8 Å². The van der Waals surface area contributed by atoms with Crippen LogP contribution >= 0.6 is 0 Å². The zero-order chi connectivity index (χ0) is 10.4. The van der Waals surface area contributed by atoms with E-state index in [-0.39, 0.29) is 12.3 Å².